The van der Waals surface area contributed by atoms with Gasteiger partial charge in [-0.25, -0.2) is 8.42 Å². The Morgan fingerprint density at radius 1 is 1.32 bits per heavy atom. The number of nitrogens with one attached hydrogen (secondary N) is 2. The summed E-state index contributed by atoms with van der Waals surface area (Å²) in [7, 11) is -3.50. The standard InChI is InChI=1S/C12H19N3O3S/c1-10(16)9-15(11-5-3-2-4-6-11)19(17,18)12-7-13-14-8-12/h2-6,10,12-14,16H,7-9H2,1H3. The van der Waals surface area contributed by atoms with Crippen LogP contribution in [0.1, 0.15) is 6.92 Å². The van der Waals surface area contributed by atoms with Crippen LogP contribution < -0.4 is 15.2 Å². The molecule has 2 rings (SSSR count). The molecule has 0 radical (unpaired) electrons. The van der Waals surface area contributed by atoms with Gasteiger partial charge in [-0.05, 0) is 19.1 Å². The number of hydrogen-bond acceptors (Lipinski definition) is 5. The highest BCUT2D eigenvalue weighted by Gasteiger charge is 2.34. The second kappa shape index (κ2) is 5.87. The molecule has 0 aliphatic carbocycles. The van der Waals surface area contributed by atoms with Gasteiger partial charge in [0, 0.05) is 13.1 Å². The highest BCUT2D eigenvalue weighted by atomic mass is 32.2. The molecule has 1 saturated heterocycles. The Hall–Kier alpha value is -1.15. The minimum atomic E-state index is -3.50. The molecule has 0 aromatic heterocycles. The Labute approximate surface area is 113 Å². The van der Waals surface area contributed by atoms with Gasteiger partial charge in [0.15, 0.2) is 0 Å². The molecule has 1 heterocycles. The third-order valence-corrected chi connectivity index (χ3v) is 5.14. The molecule has 19 heavy (non-hydrogen) atoms. The predicted molar refractivity (Wildman–Crippen MR) is 74.2 cm³/mol. The Bertz CT molecular complexity index is 498. The maximum Gasteiger partial charge on any atom is 0.240 e. The molecule has 3 N–H and O–H groups in total. The SMILES string of the molecule is CC(O)CN(c1ccccc1)S(=O)(=O)C1CNNC1. The maximum atomic E-state index is 12.6. The van der Waals surface area contributed by atoms with Crippen molar-refractivity contribution < 1.29 is 13.5 Å². The van der Waals surface area contributed by atoms with Gasteiger partial charge in [-0.2, -0.15) is 0 Å². The molecule has 1 aromatic rings. The first-order valence-electron chi connectivity index (χ1n) is 6.22. The van der Waals surface area contributed by atoms with Gasteiger partial charge in [-0.15, -0.1) is 0 Å². The van der Waals surface area contributed by atoms with Crippen molar-refractivity contribution in [2.24, 2.45) is 0 Å². The van der Waals surface area contributed by atoms with Gasteiger partial charge in [0.25, 0.3) is 0 Å². The van der Waals surface area contributed by atoms with Gasteiger partial charge >= 0.3 is 0 Å². The van der Waals surface area contributed by atoms with E-state index in [4.69, 9.17) is 0 Å². The number of benzene rings is 1. The zero-order chi connectivity index (χ0) is 13.9. The molecule has 1 aliphatic heterocycles. The number of rotatable bonds is 5. The molecule has 0 bridgehead atoms. The summed E-state index contributed by atoms with van der Waals surface area (Å²) in [5.74, 6) is 0. The molecule has 7 heteroatoms. The molecule has 1 aliphatic rings. The van der Waals surface area contributed by atoms with Crippen LogP contribution in [-0.4, -0.2) is 44.5 Å². The van der Waals surface area contributed by atoms with Gasteiger partial charge in [0.2, 0.25) is 10.0 Å². The highest BCUT2D eigenvalue weighted by molar-refractivity contribution is 7.93. The van der Waals surface area contributed by atoms with Crippen LogP contribution in [0, 0.1) is 0 Å². The largest absolute Gasteiger partial charge is 0.392 e. The fourth-order valence-corrected chi connectivity index (χ4v) is 3.81. The van der Waals surface area contributed by atoms with E-state index in [2.05, 4.69) is 10.9 Å². The summed E-state index contributed by atoms with van der Waals surface area (Å²) in [5.41, 5.74) is 6.22. The number of aliphatic hydroxyl groups is 1. The van der Waals surface area contributed by atoms with Crippen molar-refractivity contribution in [2.45, 2.75) is 18.3 Å². The van der Waals surface area contributed by atoms with Crippen LogP contribution in [0.15, 0.2) is 30.3 Å². The molecule has 6 nitrogen and oxygen atoms in total. The van der Waals surface area contributed by atoms with E-state index in [9.17, 15) is 13.5 Å². The number of hydrazine groups is 1. The summed E-state index contributed by atoms with van der Waals surface area (Å²) >= 11 is 0. The highest BCUT2D eigenvalue weighted by Crippen LogP contribution is 2.21. The first-order valence-corrected chi connectivity index (χ1v) is 7.72. The molecule has 0 amide bonds. The maximum absolute atomic E-state index is 12.6. The average molecular weight is 285 g/mol. The van der Waals surface area contributed by atoms with Crippen LogP contribution in [0.25, 0.3) is 0 Å². The lowest BCUT2D eigenvalue weighted by Gasteiger charge is -2.28. The summed E-state index contributed by atoms with van der Waals surface area (Å²) < 4.78 is 26.5. The lowest BCUT2D eigenvalue weighted by molar-refractivity contribution is 0.204. The van der Waals surface area contributed by atoms with E-state index in [1.165, 1.54) is 4.31 Å². The zero-order valence-electron chi connectivity index (χ0n) is 10.8. The van der Waals surface area contributed by atoms with Crippen LogP contribution in [0.4, 0.5) is 5.69 Å². The van der Waals surface area contributed by atoms with Crippen molar-refractivity contribution in [3.63, 3.8) is 0 Å². The van der Waals surface area contributed by atoms with Crippen LogP contribution in [0.2, 0.25) is 0 Å². The summed E-state index contributed by atoms with van der Waals surface area (Å²) in [6, 6.07) is 8.86. The smallest absolute Gasteiger partial charge is 0.240 e. The first kappa shape index (κ1) is 14.3. The van der Waals surface area contributed by atoms with Crippen molar-refractivity contribution in [2.75, 3.05) is 23.9 Å². The number of anilines is 1. The number of hydrogen-bond donors (Lipinski definition) is 3. The zero-order valence-corrected chi connectivity index (χ0v) is 11.6. The van der Waals surface area contributed by atoms with E-state index in [1.807, 2.05) is 6.07 Å². The third kappa shape index (κ3) is 3.24. The summed E-state index contributed by atoms with van der Waals surface area (Å²) in [5, 5.41) is 9.03. The average Bonchev–Trinajstić information content (AvgIpc) is 2.91. The lowest BCUT2D eigenvalue weighted by Crippen LogP contribution is -2.44. The fourth-order valence-electron chi connectivity index (χ4n) is 2.03. The second-order valence-corrected chi connectivity index (χ2v) is 6.78. The van der Waals surface area contributed by atoms with Crippen LogP contribution in [0.5, 0.6) is 0 Å². The molecular formula is C12H19N3O3S. The van der Waals surface area contributed by atoms with E-state index in [0.29, 0.717) is 18.8 Å². The summed E-state index contributed by atoms with van der Waals surface area (Å²) in [6.45, 7) is 2.37. The Morgan fingerprint density at radius 3 is 2.42 bits per heavy atom. The molecule has 1 aromatic carbocycles. The number of aliphatic hydroxyl groups excluding tert-OH is 1. The Morgan fingerprint density at radius 2 is 1.89 bits per heavy atom. The summed E-state index contributed by atoms with van der Waals surface area (Å²) in [6.07, 6.45) is -0.725. The van der Waals surface area contributed by atoms with Crippen LogP contribution >= 0.6 is 0 Å². The quantitative estimate of drug-likeness (QED) is 0.691. The third-order valence-electron chi connectivity index (χ3n) is 2.99. The van der Waals surface area contributed by atoms with Gasteiger partial charge < -0.3 is 5.11 Å². The van der Waals surface area contributed by atoms with Crippen molar-refractivity contribution in [1.82, 2.24) is 10.9 Å². The minimum absolute atomic E-state index is 0.0584. The fraction of sp³-hybridized carbons (Fsp3) is 0.500. The summed E-state index contributed by atoms with van der Waals surface area (Å²) in [4.78, 5) is 0. The molecule has 0 spiro atoms. The van der Waals surface area contributed by atoms with Crippen molar-refractivity contribution in [3.8, 4) is 0 Å². The predicted octanol–water partition coefficient (Wildman–Crippen LogP) is -0.320. The van der Waals surface area contributed by atoms with Crippen molar-refractivity contribution in [1.29, 1.82) is 0 Å². The van der Waals surface area contributed by atoms with Gasteiger partial charge in [-0.3, -0.25) is 15.2 Å². The Kier molecular flexibility index (Phi) is 4.41. The van der Waals surface area contributed by atoms with Crippen molar-refractivity contribution >= 4 is 15.7 Å². The number of para-hydroxylation sites is 1. The molecule has 106 valence electrons. The van der Waals surface area contributed by atoms with E-state index < -0.39 is 21.4 Å². The molecule has 1 fully saturated rings. The van der Waals surface area contributed by atoms with E-state index in [-0.39, 0.29) is 6.54 Å². The minimum Gasteiger partial charge on any atom is -0.392 e. The van der Waals surface area contributed by atoms with Crippen LogP contribution in [0.3, 0.4) is 0 Å². The molecular weight excluding hydrogens is 266 g/mol. The molecule has 1 unspecified atom stereocenters. The first-order chi connectivity index (χ1) is 9.01. The molecule has 0 saturated carbocycles. The lowest BCUT2D eigenvalue weighted by atomic mass is 10.3. The van der Waals surface area contributed by atoms with E-state index >= 15 is 0 Å². The van der Waals surface area contributed by atoms with Crippen LogP contribution in [-0.2, 0) is 10.0 Å². The van der Waals surface area contributed by atoms with Gasteiger partial charge in [0.05, 0.1) is 18.3 Å². The number of sulfonamides is 1. The van der Waals surface area contributed by atoms with E-state index in [1.54, 1.807) is 31.2 Å². The number of nitrogens with zero attached hydrogens (tertiary/aromatic N) is 1. The topological polar surface area (TPSA) is 81.7 Å². The normalized spacial score (nSPS) is 18.4. The van der Waals surface area contributed by atoms with E-state index in [0.717, 1.165) is 0 Å². The van der Waals surface area contributed by atoms with Gasteiger partial charge in [-0.1, -0.05) is 18.2 Å². The monoisotopic (exact) mass is 285 g/mol. The van der Waals surface area contributed by atoms with Gasteiger partial charge in [0.1, 0.15) is 5.25 Å². The second-order valence-electron chi connectivity index (χ2n) is 4.64. The molecule has 1 atom stereocenters. The van der Waals surface area contributed by atoms with Crippen molar-refractivity contribution in [3.05, 3.63) is 30.3 Å². The Balaban J connectivity index is 2.32.